The molecule has 0 saturated heterocycles. The number of esters is 2. The summed E-state index contributed by atoms with van der Waals surface area (Å²) in [4.78, 5) is 45.8. The number of nitrogens with two attached hydrogens (primary N) is 1. The van der Waals surface area contributed by atoms with Crippen molar-refractivity contribution >= 4 is 25.7 Å². The van der Waals surface area contributed by atoms with Crippen LogP contribution in [-0.2, 0) is 37.5 Å². The molecule has 0 heterocycles. The van der Waals surface area contributed by atoms with Crippen LogP contribution in [0.25, 0.3) is 0 Å². The van der Waals surface area contributed by atoms with Gasteiger partial charge in [0.2, 0.25) is 0 Å². The molecule has 11 nitrogen and oxygen atoms in total. The van der Waals surface area contributed by atoms with Crippen molar-refractivity contribution in [3.8, 4) is 0 Å². The summed E-state index contributed by atoms with van der Waals surface area (Å²) in [5.41, 5.74) is 5.33. The normalized spacial score (nSPS) is 13.9. The summed E-state index contributed by atoms with van der Waals surface area (Å²) in [7, 11) is -4.73. The molecule has 0 spiro atoms. The Hall–Kier alpha value is -2.04. The monoisotopic (exact) mass is 816 g/mol. The number of phosphoric acid groups is 1. The van der Waals surface area contributed by atoms with Gasteiger partial charge < -0.3 is 25.2 Å². The van der Waals surface area contributed by atoms with Gasteiger partial charge in [-0.05, 0) is 19.3 Å². The number of rotatable bonds is 42. The molecule has 0 rings (SSSR count). The largest absolute Gasteiger partial charge is 0.480 e. The molecule has 0 aliphatic carbocycles. The van der Waals surface area contributed by atoms with Crippen molar-refractivity contribution in [3.63, 3.8) is 0 Å². The minimum atomic E-state index is -4.73. The summed E-state index contributed by atoms with van der Waals surface area (Å²) in [5.74, 6) is -2.63. The first-order chi connectivity index (χ1) is 27.1. The summed E-state index contributed by atoms with van der Waals surface area (Å²) >= 11 is 0. The number of carbonyl (C=O) groups excluding carboxylic acids is 2. The van der Waals surface area contributed by atoms with Gasteiger partial charge in [-0.3, -0.25) is 18.6 Å². The lowest BCUT2D eigenvalue weighted by molar-refractivity contribution is -0.159. The molecule has 12 heteroatoms. The fraction of sp³-hybridized carbons (Fsp3) is 0.841. The SMILES string of the molecule is CCCCCCCCCCCCC/C=C/C=C/C(=O)OC[C@H](COP(=O)(O)OC[C@H](N)C(=O)O)OC(=O)CCCCCCCCCCCCCCCCCCC. The molecule has 0 bridgehead atoms. The minimum Gasteiger partial charge on any atom is -0.480 e. The topological polar surface area (TPSA) is 172 Å². The highest BCUT2D eigenvalue weighted by molar-refractivity contribution is 7.47. The van der Waals surface area contributed by atoms with E-state index in [4.69, 9.17) is 24.8 Å². The molecule has 0 aromatic carbocycles. The molecule has 0 aromatic rings. The van der Waals surface area contributed by atoms with Crippen LogP contribution in [-0.4, -0.2) is 59.9 Å². The third-order valence-electron chi connectivity index (χ3n) is 9.81. The van der Waals surface area contributed by atoms with Crippen LogP contribution in [0.15, 0.2) is 24.3 Å². The Kier molecular flexibility index (Phi) is 38.3. The number of carbonyl (C=O) groups is 3. The first-order valence-electron chi connectivity index (χ1n) is 22.4. The van der Waals surface area contributed by atoms with Gasteiger partial charge in [0.25, 0.3) is 0 Å². The third kappa shape index (κ3) is 38.8. The van der Waals surface area contributed by atoms with E-state index >= 15 is 0 Å². The summed E-state index contributed by atoms with van der Waals surface area (Å²) in [5, 5.41) is 8.88. The van der Waals surface area contributed by atoms with Crippen LogP contribution >= 0.6 is 7.82 Å². The highest BCUT2D eigenvalue weighted by atomic mass is 31.2. The van der Waals surface area contributed by atoms with E-state index < -0.39 is 57.7 Å². The second kappa shape index (κ2) is 39.8. The molecule has 0 aromatic heterocycles. The number of hydrogen-bond acceptors (Lipinski definition) is 9. The number of aliphatic carboxylic acids is 1. The van der Waals surface area contributed by atoms with Gasteiger partial charge in [-0.1, -0.05) is 199 Å². The van der Waals surface area contributed by atoms with E-state index in [-0.39, 0.29) is 6.42 Å². The fourth-order valence-electron chi connectivity index (χ4n) is 6.27. The smallest absolute Gasteiger partial charge is 0.472 e. The zero-order valence-electron chi connectivity index (χ0n) is 35.5. The summed E-state index contributed by atoms with van der Waals surface area (Å²) in [6.07, 6.45) is 41.6. The maximum Gasteiger partial charge on any atom is 0.472 e. The molecule has 0 saturated carbocycles. The highest BCUT2D eigenvalue weighted by Gasteiger charge is 2.28. The number of unbranched alkanes of at least 4 members (excludes halogenated alkanes) is 27. The van der Waals surface area contributed by atoms with Crippen molar-refractivity contribution in [1.82, 2.24) is 0 Å². The predicted octanol–water partition coefficient (Wildman–Crippen LogP) is 11.8. The van der Waals surface area contributed by atoms with Crippen molar-refractivity contribution < 1.29 is 47.5 Å². The van der Waals surface area contributed by atoms with Crippen LogP contribution in [0.2, 0.25) is 0 Å². The predicted molar refractivity (Wildman–Crippen MR) is 226 cm³/mol. The number of ether oxygens (including phenoxy) is 2. The van der Waals surface area contributed by atoms with Gasteiger partial charge in [-0.2, -0.15) is 0 Å². The molecule has 0 aliphatic heterocycles. The average molecular weight is 816 g/mol. The van der Waals surface area contributed by atoms with E-state index in [0.29, 0.717) is 6.42 Å². The lowest BCUT2D eigenvalue weighted by Crippen LogP contribution is -2.34. The van der Waals surface area contributed by atoms with Gasteiger partial charge >= 0.3 is 25.7 Å². The van der Waals surface area contributed by atoms with Gasteiger partial charge in [-0.25, -0.2) is 9.36 Å². The van der Waals surface area contributed by atoms with Crippen LogP contribution in [0.3, 0.4) is 0 Å². The van der Waals surface area contributed by atoms with Crippen molar-refractivity contribution in [2.24, 2.45) is 5.73 Å². The number of carboxylic acids is 1. The number of phosphoric ester groups is 1. The zero-order chi connectivity index (χ0) is 41.4. The lowest BCUT2D eigenvalue weighted by atomic mass is 10.0. The lowest BCUT2D eigenvalue weighted by Gasteiger charge is -2.20. The molecule has 0 aliphatic rings. The molecule has 1 unspecified atom stereocenters. The van der Waals surface area contributed by atoms with Crippen LogP contribution in [0.1, 0.15) is 206 Å². The molecule has 328 valence electrons. The number of carboxylic acid groups (broad SMARTS) is 1. The molecular weight excluding hydrogens is 733 g/mol. The second-order valence-corrected chi connectivity index (χ2v) is 16.7. The zero-order valence-corrected chi connectivity index (χ0v) is 36.4. The molecule has 0 fully saturated rings. The van der Waals surface area contributed by atoms with Gasteiger partial charge in [0.1, 0.15) is 12.6 Å². The van der Waals surface area contributed by atoms with Crippen molar-refractivity contribution in [3.05, 3.63) is 24.3 Å². The van der Waals surface area contributed by atoms with E-state index in [0.717, 1.165) is 32.1 Å². The summed E-state index contributed by atoms with van der Waals surface area (Å²) in [6, 6.07) is -1.53. The molecule has 0 radical (unpaired) electrons. The van der Waals surface area contributed by atoms with E-state index in [9.17, 15) is 23.8 Å². The van der Waals surface area contributed by atoms with Crippen LogP contribution in [0.5, 0.6) is 0 Å². The first kappa shape index (κ1) is 54.0. The molecule has 56 heavy (non-hydrogen) atoms. The Morgan fingerprint density at radius 2 is 1.00 bits per heavy atom. The minimum absolute atomic E-state index is 0.146. The third-order valence-corrected chi connectivity index (χ3v) is 10.8. The quantitative estimate of drug-likeness (QED) is 0.0176. The Bertz CT molecular complexity index is 1050. The Morgan fingerprint density at radius 3 is 1.45 bits per heavy atom. The highest BCUT2D eigenvalue weighted by Crippen LogP contribution is 2.43. The van der Waals surface area contributed by atoms with E-state index in [1.165, 1.54) is 154 Å². The van der Waals surface area contributed by atoms with Crippen molar-refractivity contribution in [2.45, 2.75) is 219 Å². The molecule has 4 N–H and O–H groups in total. The van der Waals surface area contributed by atoms with E-state index in [1.807, 2.05) is 6.08 Å². The van der Waals surface area contributed by atoms with Crippen molar-refractivity contribution in [2.75, 3.05) is 19.8 Å². The van der Waals surface area contributed by atoms with E-state index in [1.54, 1.807) is 12.2 Å². The second-order valence-electron chi connectivity index (χ2n) is 15.3. The first-order valence-corrected chi connectivity index (χ1v) is 23.9. The maximum absolute atomic E-state index is 12.6. The Morgan fingerprint density at radius 1 is 0.589 bits per heavy atom. The standard InChI is InChI=1S/C44H82NO10P/c1-3-5-7-9-11-13-15-17-19-20-22-24-26-28-30-32-34-36-43(47)55-40(38-53-56(50,51)54-39-41(45)44(48)49)37-52-42(46)35-33-31-29-27-25-23-21-18-16-14-12-10-8-6-4-2/h29,31,33,35,40-41H,3-28,30,32,34,36-39,45H2,1-2H3,(H,48,49)(H,50,51)/b31-29+,35-33+/t40-,41+/m1/s1. The van der Waals surface area contributed by atoms with Gasteiger partial charge in [0, 0.05) is 12.5 Å². The van der Waals surface area contributed by atoms with Gasteiger partial charge in [-0.15, -0.1) is 0 Å². The van der Waals surface area contributed by atoms with Gasteiger partial charge in [0.05, 0.1) is 13.2 Å². The van der Waals surface area contributed by atoms with Crippen LogP contribution in [0, 0.1) is 0 Å². The fourth-order valence-corrected chi connectivity index (χ4v) is 7.05. The number of allylic oxidation sites excluding steroid dienone is 3. The summed E-state index contributed by atoms with van der Waals surface area (Å²) in [6.45, 7) is 2.71. The molecular formula is C44H82NO10P. The van der Waals surface area contributed by atoms with Gasteiger partial charge in [0.15, 0.2) is 6.10 Å². The Balaban J connectivity index is 4.41. The summed E-state index contributed by atoms with van der Waals surface area (Å²) < 4.78 is 32.5. The van der Waals surface area contributed by atoms with Crippen LogP contribution in [0.4, 0.5) is 0 Å². The maximum atomic E-state index is 12.6. The molecule has 0 amide bonds. The van der Waals surface area contributed by atoms with Crippen molar-refractivity contribution in [1.29, 1.82) is 0 Å². The molecule has 3 atom stereocenters. The Labute approximate surface area is 340 Å². The average Bonchev–Trinajstić information content (AvgIpc) is 3.17. The van der Waals surface area contributed by atoms with E-state index in [2.05, 4.69) is 18.4 Å². The van der Waals surface area contributed by atoms with Crippen LogP contribution < -0.4 is 5.73 Å². The number of hydrogen-bond donors (Lipinski definition) is 3.